The SMILES string of the molecule is COC[C@@]12CCC[C@]1(O)[C@@H]1CC[C@@H]3CCCC[C@]3(C)[C@H]1CC2. The number of rotatable bonds is 2. The number of fused-ring (bicyclic) bond motifs is 5. The largest absolute Gasteiger partial charge is 0.389 e. The molecule has 4 fully saturated rings. The molecule has 0 saturated heterocycles. The minimum Gasteiger partial charge on any atom is -0.389 e. The standard InChI is InChI=1S/C20H34O2/c1-18-10-4-3-6-15(18)7-8-17-16(18)9-13-19(14-22-2)11-5-12-20(17,19)21/h15-17,21H,3-14H2,1-2H3/t15-,16-,17+,18-,19-,20-/m0/s1. The maximum atomic E-state index is 11.8. The van der Waals surface area contributed by atoms with E-state index in [1.165, 1.54) is 64.2 Å². The molecule has 6 atom stereocenters. The molecule has 0 aliphatic heterocycles. The van der Waals surface area contributed by atoms with E-state index < -0.39 is 5.60 Å². The zero-order valence-corrected chi connectivity index (χ0v) is 14.6. The molecule has 22 heavy (non-hydrogen) atoms. The van der Waals surface area contributed by atoms with E-state index in [1.807, 2.05) is 7.11 Å². The Morgan fingerprint density at radius 3 is 2.59 bits per heavy atom. The third kappa shape index (κ3) is 1.86. The van der Waals surface area contributed by atoms with Crippen molar-refractivity contribution in [2.24, 2.45) is 28.6 Å². The van der Waals surface area contributed by atoms with Gasteiger partial charge in [0.05, 0.1) is 12.2 Å². The molecule has 0 aromatic heterocycles. The van der Waals surface area contributed by atoms with Crippen molar-refractivity contribution in [2.45, 2.75) is 83.2 Å². The second kappa shape index (κ2) is 5.21. The average Bonchev–Trinajstić information content (AvgIpc) is 2.84. The van der Waals surface area contributed by atoms with E-state index in [1.54, 1.807) is 0 Å². The van der Waals surface area contributed by atoms with Gasteiger partial charge in [-0.15, -0.1) is 0 Å². The molecule has 4 aliphatic rings. The molecule has 4 rings (SSSR count). The van der Waals surface area contributed by atoms with Crippen LogP contribution in [0.1, 0.15) is 77.6 Å². The maximum absolute atomic E-state index is 11.8. The zero-order chi connectivity index (χ0) is 15.4. The molecule has 2 nitrogen and oxygen atoms in total. The normalized spacial score (nSPS) is 54.4. The van der Waals surface area contributed by atoms with Crippen LogP contribution in [0.25, 0.3) is 0 Å². The molecule has 126 valence electrons. The number of ether oxygens (including phenoxy) is 1. The Hall–Kier alpha value is -0.0800. The molecule has 0 aromatic rings. The molecule has 4 aliphatic carbocycles. The second-order valence-electron chi connectivity index (χ2n) is 9.27. The number of methoxy groups -OCH3 is 1. The molecular formula is C20H34O2. The van der Waals surface area contributed by atoms with Gasteiger partial charge in [-0.05, 0) is 81.0 Å². The van der Waals surface area contributed by atoms with Gasteiger partial charge >= 0.3 is 0 Å². The zero-order valence-electron chi connectivity index (χ0n) is 14.6. The van der Waals surface area contributed by atoms with Gasteiger partial charge in [-0.25, -0.2) is 0 Å². The van der Waals surface area contributed by atoms with Crippen LogP contribution in [0.2, 0.25) is 0 Å². The fourth-order valence-corrected chi connectivity index (χ4v) is 7.61. The number of hydrogen-bond donors (Lipinski definition) is 1. The third-order valence-electron chi connectivity index (χ3n) is 8.71. The van der Waals surface area contributed by atoms with Crippen molar-refractivity contribution in [3.8, 4) is 0 Å². The van der Waals surface area contributed by atoms with Gasteiger partial charge in [0.2, 0.25) is 0 Å². The monoisotopic (exact) mass is 306 g/mol. The fourth-order valence-electron chi connectivity index (χ4n) is 7.61. The van der Waals surface area contributed by atoms with Crippen molar-refractivity contribution < 1.29 is 9.84 Å². The molecule has 0 amide bonds. The van der Waals surface area contributed by atoms with E-state index in [-0.39, 0.29) is 5.41 Å². The molecule has 1 N–H and O–H groups in total. The van der Waals surface area contributed by atoms with Gasteiger partial charge < -0.3 is 9.84 Å². The first-order chi connectivity index (χ1) is 10.6. The molecular weight excluding hydrogens is 272 g/mol. The lowest BCUT2D eigenvalue weighted by atomic mass is 9.44. The van der Waals surface area contributed by atoms with Crippen LogP contribution < -0.4 is 0 Å². The van der Waals surface area contributed by atoms with E-state index in [0.717, 1.165) is 24.9 Å². The Balaban J connectivity index is 1.68. The van der Waals surface area contributed by atoms with Crippen molar-refractivity contribution >= 4 is 0 Å². The highest BCUT2D eigenvalue weighted by atomic mass is 16.5. The van der Waals surface area contributed by atoms with Gasteiger partial charge in [0.25, 0.3) is 0 Å². The minimum absolute atomic E-state index is 0.0702. The highest BCUT2D eigenvalue weighted by Gasteiger charge is 2.65. The first-order valence-electron chi connectivity index (χ1n) is 9.77. The Kier molecular flexibility index (Phi) is 3.66. The first kappa shape index (κ1) is 15.4. The van der Waals surface area contributed by atoms with Crippen LogP contribution in [-0.4, -0.2) is 24.4 Å². The lowest BCUT2D eigenvalue weighted by Crippen LogP contribution is -2.62. The van der Waals surface area contributed by atoms with Gasteiger partial charge in [0.15, 0.2) is 0 Å². The van der Waals surface area contributed by atoms with Crippen LogP contribution in [-0.2, 0) is 4.74 Å². The van der Waals surface area contributed by atoms with Crippen LogP contribution in [0.4, 0.5) is 0 Å². The molecule has 0 spiro atoms. The predicted molar refractivity (Wildman–Crippen MR) is 88.6 cm³/mol. The van der Waals surface area contributed by atoms with E-state index in [9.17, 15) is 5.11 Å². The van der Waals surface area contributed by atoms with Gasteiger partial charge in [0, 0.05) is 12.5 Å². The molecule has 4 saturated carbocycles. The maximum Gasteiger partial charge on any atom is 0.0756 e. The Labute approximate surface area is 136 Å². The lowest BCUT2D eigenvalue weighted by molar-refractivity contribution is -0.214. The van der Waals surface area contributed by atoms with Gasteiger partial charge in [-0.3, -0.25) is 0 Å². The quantitative estimate of drug-likeness (QED) is 0.811. The smallest absolute Gasteiger partial charge is 0.0756 e. The van der Waals surface area contributed by atoms with Crippen LogP contribution in [0, 0.1) is 28.6 Å². The van der Waals surface area contributed by atoms with Crippen LogP contribution in [0.3, 0.4) is 0 Å². The lowest BCUT2D eigenvalue weighted by Gasteiger charge is -2.63. The van der Waals surface area contributed by atoms with Crippen LogP contribution in [0.5, 0.6) is 0 Å². The molecule has 2 heteroatoms. The van der Waals surface area contributed by atoms with Gasteiger partial charge in [-0.2, -0.15) is 0 Å². The van der Waals surface area contributed by atoms with Crippen molar-refractivity contribution in [1.82, 2.24) is 0 Å². The summed E-state index contributed by atoms with van der Waals surface area (Å²) in [6.45, 7) is 3.35. The minimum atomic E-state index is -0.433. The van der Waals surface area contributed by atoms with Crippen molar-refractivity contribution in [1.29, 1.82) is 0 Å². The summed E-state index contributed by atoms with van der Waals surface area (Å²) in [5, 5.41) is 11.8. The summed E-state index contributed by atoms with van der Waals surface area (Å²) < 4.78 is 5.60. The van der Waals surface area contributed by atoms with Crippen LogP contribution >= 0.6 is 0 Å². The summed E-state index contributed by atoms with van der Waals surface area (Å²) in [5.41, 5.74) is 0.150. The number of hydrogen-bond acceptors (Lipinski definition) is 2. The van der Waals surface area contributed by atoms with Crippen LogP contribution in [0.15, 0.2) is 0 Å². The third-order valence-corrected chi connectivity index (χ3v) is 8.71. The van der Waals surface area contributed by atoms with E-state index in [4.69, 9.17) is 4.74 Å². The molecule has 0 radical (unpaired) electrons. The Morgan fingerprint density at radius 2 is 1.77 bits per heavy atom. The molecule has 0 bridgehead atoms. The van der Waals surface area contributed by atoms with Crippen molar-refractivity contribution in [3.05, 3.63) is 0 Å². The Bertz CT molecular complexity index is 435. The summed E-state index contributed by atoms with van der Waals surface area (Å²) in [4.78, 5) is 0. The summed E-state index contributed by atoms with van der Waals surface area (Å²) in [6, 6.07) is 0. The summed E-state index contributed by atoms with van der Waals surface area (Å²) >= 11 is 0. The topological polar surface area (TPSA) is 29.5 Å². The van der Waals surface area contributed by atoms with Crippen molar-refractivity contribution in [2.75, 3.05) is 13.7 Å². The summed E-state index contributed by atoms with van der Waals surface area (Å²) in [6.07, 6.45) is 14.3. The highest BCUT2D eigenvalue weighted by molar-refractivity contribution is 5.15. The first-order valence-corrected chi connectivity index (χ1v) is 9.77. The van der Waals surface area contributed by atoms with E-state index in [2.05, 4.69) is 6.92 Å². The molecule has 0 heterocycles. The van der Waals surface area contributed by atoms with E-state index >= 15 is 0 Å². The second-order valence-corrected chi connectivity index (χ2v) is 9.27. The van der Waals surface area contributed by atoms with Gasteiger partial charge in [-0.1, -0.05) is 19.8 Å². The van der Waals surface area contributed by atoms with Crippen molar-refractivity contribution in [3.63, 3.8) is 0 Å². The summed E-state index contributed by atoms with van der Waals surface area (Å²) in [7, 11) is 1.82. The average molecular weight is 306 g/mol. The Morgan fingerprint density at radius 1 is 0.909 bits per heavy atom. The molecule has 0 aromatic carbocycles. The number of aliphatic hydroxyl groups is 1. The summed E-state index contributed by atoms with van der Waals surface area (Å²) in [5.74, 6) is 2.24. The van der Waals surface area contributed by atoms with Gasteiger partial charge in [0.1, 0.15) is 0 Å². The fraction of sp³-hybridized carbons (Fsp3) is 1.00. The molecule has 0 unspecified atom stereocenters. The highest BCUT2D eigenvalue weighted by Crippen LogP contribution is 2.67. The predicted octanol–water partition coefficient (Wildman–Crippen LogP) is 4.55. The van der Waals surface area contributed by atoms with E-state index in [0.29, 0.717) is 11.3 Å².